The Labute approximate surface area is 145 Å². The predicted molar refractivity (Wildman–Crippen MR) is 96.1 cm³/mol. The van der Waals surface area contributed by atoms with Crippen LogP contribution in [0, 0.1) is 20.8 Å². The van der Waals surface area contributed by atoms with Gasteiger partial charge in [0.1, 0.15) is 0 Å². The molecule has 0 radical (unpaired) electrons. The molecule has 1 fully saturated rings. The lowest BCUT2D eigenvalue weighted by atomic mass is 9.98. The van der Waals surface area contributed by atoms with Crippen LogP contribution in [0.2, 0.25) is 0 Å². The van der Waals surface area contributed by atoms with E-state index < -0.39 is 5.97 Å². The van der Waals surface area contributed by atoms with Gasteiger partial charge in [0.2, 0.25) is 0 Å². The van der Waals surface area contributed by atoms with Gasteiger partial charge in [-0.3, -0.25) is 4.79 Å². The Balaban J connectivity index is 2.06. The molecule has 0 aliphatic carbocycles. The Morgan fingerprint density at radius 3 is 2.54 bits per heavy atom. The van der Waals surface area contributed by atoms with Gasteiger partial charge < -0.3 is 14.7 Å². The van der Waals surface area contributed by atoms with Gasteiger partial charge in [-0.1, -0.05) is 6.07 Å². The Hall–Kier alpha value is -1.92. The summed E-state index contributed by atoms with van der Waals surface area (Å²) in [7, 11) is 0. The number of hydrogen-bond donors (Lipinski definition) is 1. The number of hydrogen-bond acceptors (Lipinski definition) is 5. The molecule has 1 aliphatic heterocycles. The van der Waals surface area contributed by atoms with Crippen molar-refractivity contribution in [1.29, 1.82) is 0 Å². The van der Waals surface area contributed by atoms with E-state index in [0.29, 0.717) is 13.2 Å². The fraction of sp³-hybridized carbons (Fsp3) is 0.444. The third-order valence-corrected chi connectivity index (χ3v) is 5.49. The average molecular weight is 346 g/mol. The second-order valence-corrected chi connectivity index (χ2v) is 7.25. The molecule has 5 nitrogen and oxygen atoms in total. The smallest absolute Gasteiger partial charge is 0.308 e. The molecule has 0 saturated carbocycles. The number of aromatic nitrogens is 1. The van der Waals surface area contributed by atoms with Gasteiger partial charge in [-0.15, -0.1) is 11.3 Å². The molecule has 0 amide bonds. The maximum absolute atomic E-state index is 11.3. The van der Waals surface area contributed by atoms with Crippen LogP contribution < -0.4 is 4.90 Å². The van der Waals surface area contributed by atoms with Gasteiger partial charge in [-0.2, -0.15) is 0 Å². The molecule has 2 aromatic rings. The number of ether oxygens (including phenoxy) is 1. The number of carboxylic acid groups (broad SMARTS) is 1. The molecule has 1 N–H and O–H groups in total. The lowest BCUT2D eigenvalue weighted by Crippen LogP contribution is -2.36. The molecule has 0 bridgehead atoms. The first-order chi connectivity index (χ1) is 11.5. The van der Waals surface area contributed by atoms with Crippen LogP contribution in [0.5, 0.6) is 0 Å². The van der Waals surface area contributed by atoms with E-state index in [4.69, 9.17) is 9.72 Å². The first-order valence-electron chi connectivity index (χ1n) is 8.08. The number of aryl methyl sites for hydroxylation is 3. The number of carbonyl (C=O) groups is 1. The van der Waals surface area contributed by atoms with Crippen LogP contribution in [0.4, 0.5) is 5.13 Å². The summed E-state index contributed by atoms with van der Waals surface area (Å²) < 4.78 is 5.40. The number of nitrogens with zero attached hydrogens (tertiary/aromatic N) is 2. The summed E-state index contributed by atoms with van der Waals surface area (Å²) in [5.74, 6) is -0.824. The number of thiazole rings is 1. The third kappa shape index (κ3) is 3.44. The van der Waals surface area contributed by atoms with E-state index in [1.807, 2.05) is 0 Å². The fourth-order valence-corrected chi connectivity index (χ4v) is 4.03. The molecule has 1 aromatic carbocycles. The monoisotopic (exact) mass is 346 g/mol. The average Bonchev–Trinajstić information content (AvgIpc) is 2.94. The molecule has 1 saturated heterocycles. The highest BCUT2D eigenvalue weighted by Gasteiger charge is 2.22. The van der Waals surface area contributed by atoms with E-state index in [2.05, 4.69) is 37.8 Å². The summed E-state index contributed by atoms with van der Waals surface area (Å²) in [6.45, 7) is 9.18. The van der Waals surface area contributed by atoms with Crippen LogP contribution in [0.3, 0.4) is 0 Å². The molecule has 1 aliphatic rings. The van der Waals surface area contributed by atoms with Crippen molar-refractivity contribution >= 4 is 22.4 Å². The van der Waals surface area contributed by atoms with Gasteiger partial charge in [0.15, 0.2) is 5.13 Å². The van der Waals surface area contributed by atoms with E-state index in [-0.39, 0.29) is 6.42 Å². The van der Waals surface area contributed by atoms with Gasteiger partial charge in [-0.25, -0.2) is 4.98 Å². The summed E-state index contributed by atoms with van der Waals surface area (Å²) >= 11 is 1.49. The number of rotatable bonds is 4. The van der Waals surface area contributed by atoms with Crippen LogP contribution in [0.1, 0.15) is 21.6 Å². The standard InChI is InChI=1S/C18H22N2O3S/c1-11-8-13(3)14(9-12(11)2)17-15(10-16(21)22)24-18(19-17)20-4-6-23-7-5-20/h8-9H,4-7,10H2,1-3H3,(H,21,22). The zero-order valence-corrected chi connectivity index (χ0v) is 15.1. The van der Waals surface area contributed by atoms with Gasteiger partial charge in [0.05, 0.1) is 25.3 Å². The van der Waals surface area contributed by atoms with E-state index >= 15 is 0 Å². The van der Waals surface area contributed by atoms with Gasteiger partial charge in [0.25, 0.3) is 0 Å². The normalized spacial score (nSPS) is 14.9. The first-order valence-corrected chi connectivity index (χ1v) is 8.89. The van der Waals surface area contributed by atoms with Gasteiger partial charge in [0, 0.05) is 23.5 Å². The summed E-state index contributed by atoms with van der Waals surface area (Å²) in [6.07, 6.45) is 0.00367. The molecule has 1 aromatic heterocycles. The molecule has 0 unspecified atom stereocenters. The fourth-order valence-electron chi connectivity index (χ4n) is 2.91. The Morgan fingerprint density at radius 2 is 1.88 bits per heavy atom. The molecule has 6 heteroatoms. The molecular formula is C18H22N2O3S. The van der Waals surface area contributed by atoms with Crippen molar-refractivity contribution in [3.05, 3.63) is 33.7 Å². The Morgan fingerprint density at radius 1 is 1.21 bits per heavy atom. The zero-order valence-electron chi connectivity index (χ0n) is 14.3. The number of anilines is 1. The highest BCUT2D eigenvalue weighted by molar-refractivity contribution is 7.16. The minimum absolute atomic E-state index is 0.00367. The maximum Gasteiger partial charge on any atom is 0.308 e. The topological polar surface area (TPSA) is 62.7 Å². The number of carboxylic acids is 1. The second-order valence-electron chi connectivity index (χ2n) is 6.19. The van der Waals surface area contributed by atoms with Crippen LogP contribution in [-0.2, 0) is 16.0 Å². The second kappa shape index (κ2) is 6.91. The van der Waals surface area contributed by atoms with E-state index in [9.17, 15) is 9.90 Å². The minimum Gasteiger partial charge on any atom is -0.481 e. The largest absolute Gasteiger partial charge is 0.481 e. The summed E-state index contributed by atoms with van der Waals surface area (Å²) in [5, 5.41) is 10.2. The highest BCUT2D eigenvalue weighted by Crippen LogP contribution is 2.36. The van der Waals surface area contributed by atoms with Gasteiger partial charge in [-0.05, 0) is 43.5 Å². The van der Waals surface area contributed by atoms with E-state index in [1.165, 1.54) is 22.5 Å². The molecule has 2 heterocycles. The van der Waals surface area contributed by atoms with Crippen molar-refractivity contribution in [2.45, 2.75) is 27.2 Å². The third-order valence-electron chi connectivity index (χ3n) is 4.38. The van der Waals surface area contributed by atoms with Crippen LogP contribution in [0.15, 0.2) is 12.1 Å². The summed E-state index contributed by atoms with van der Waals surface area (Å²) in [4.78, 5) is 19.1. The van der Waals surface area contributed by atoms with Crippen molar-refractivity contribution < 1.29 is 14.6 Å². The molecule has 0 atom stereocenters. The van der Waals surface area contributed by atoms with Crippen molar-refractivity contribution in [3.8, 4) is 11.3 Å². The quantitative estimate of drug-likeness (QED) is 0.921. The van der Waals surface area contributed by atoms with Crippen LogP contribution in [0.25, 0.3) is 11.3 Å². The molecule has 0 spiro atoms. The van der Waals surface area contributed by atoms with Crippen LogP contribution >= 0.6 is 11.3 Å². The lowest BCUT2D eigenvalue weighted by Gasteiger charge is -2.26. The van der Waals surface area contributed by atoms with Crippen molar-refractivity contribution in [1.82, 2.24) is 4.98 Å². The number of morpholine rings is 1. The van der Waals surface area contributed by atoms with Gasteiger partial charge >= 0.3 is 5.97 Å². The SMILES string of the molecule is Cc1cc(C)c(-c2nc(N3CCOCC3)sc2CC(=O)O)cc1C. The zero-order chi connectivity index (χ0) is 17.3. The van der Waals surface area contributed by atoms with Crippen molar-refractivity contribution in [3.63, 3.8) is 0 Å². The van der Waals surface area contributed by atoms with Crippen molar-refractivity contribution in [2.24, 2.45) is 0 Å². The lowest BCUT2D eigenvalue weighted by molar-refractivity contribution is -0.136. The Bertz CT molecular complexity index is 764. The predicted octanol–water partition coefficient (Wildman–Crippen LogP) is 3.20. The molecule has 24 heavy (non-hydrogen) atoms. The summed E-state index contributed by atoms with van der Waals surface area (Å²) in [6, 6.07) is 4.26. The molecular weight excluding hydrogens is 324 g/mol. The molecule has 3 rings (SSSR count). The first kappa shape index (κ1) is 16.9. The summed E-state index contributed by atoms with van der Waals surface area (Å²) in [5.41, 5.74) is 5.40. The minimum atomic E-state index is -0.824. The van der Waals surface area contributed by atoms with Crippen LogP contribution in [-0.4, -0.2) is 42.4 Å². The highest BCUT2D eigenvalue weighted by atomic mass is 32.1. The Kier molecular flexibility index (Phi) is 4.87. The number of aliphatic carboxylic acids is 1. The molecule has 128 valence electrons. The maximum atomic E-state index is 11.3. The van der Waals surface area contributed by atoms with Crippen molar-refractivity contribution in [2.75, 3.05) is 31.2 Å². The van der Waals surface area contributed by atoms with E-state index in [0.717, 1.165) is 39.9 Å². The number of benzene rings is 1. The van der Waals surface area contributed by atoms with E-state index in [1.54, 1.807) is 0 Å².